The van der Waals surface area contributed by atoms with E-state index in [0.717, 1.165) is 5.69 Å². The van der Waals surface area contributed by atoms with Crippen LogP contribution in [0.2, 0.25) is 0 Å². The van der Waals surface area contributed by atoms with Crippen molar-refractivity contribution < 1.29 is 0 Å². The minimum Gasteiger partial charge on any atom is -0.257 e. The van der Waals surface area contributed by atoms with Crippen molar-refractivity contribution in [2.24, 2.45) is 0 Å². The molecule has 0 radical (unpaired) electrons. The maximum Gasteiger partial charge on any atom is 0.0629 e. The summed E-state index contributed by atoms with van der Waals surface area (Å²) in [7, 11) is 0. The molecule has 0 saturated carbocycles. The molecule has 16 heavy (non-hydrogen) atoms. The van der Waals surface area contributed by atoms with Gasteiger partial charge in [0.15, 0.2) is 0 Å². The maximum atomic E-state index is 4.25. The van der Waals surface area contributed by atoms with Gasteiger partial charge in [0.05, 0.1) is 5.69 Å². The highest BCUT2D eigenvalue weighted by molar-refractivity contribution is 5.68. The second-order valence-corrected chi connectivity index (χ2v) is 4.01. The van der Waals surface area contributed by atoms with Crippen LogP contribution in [-0.4, -0.2) is 4.98 Å². The second-order valence-electron chi connectivity index (χ2n) is 4.01. The number of aromatic nitrogens is 1. The Bertz CT molecular complexity index is 478. The van der Waals surface area contributed by atoms with Crippen LogP contribution in [0.5, 0.6) is 0 Å². The van der Waals surface area contributed by atoms with E-state index in [-0.39, 0.29) is 0 Å². The molecular weight excluding hydrogens is 194 g/mol. The summed E-state index contributed by atoms with van der Waals surface area (Å²) in [5.41, 5.74) is 4.80. The van der Waals surface area contributed by atoms with Crippen molar-refractivity contribution in [2.45, 2.75) is 13.8 Å². The standard InChI is InChI=1S/C15H15N/c1-12-9-13(2)11-14(10-12)6-7-15-5-3-4-8-16-15/h3-11H,1-2H3/b7-6+. The summed E-state index contributed by atoms with van der Waals surface area (Å²) in [4.78, 5) is 4.25. The average molecular weight is 209 g/mol. The monoisotopic (exact) mass is 209 g/mol. The van der Waals surface area contributed by atoms with E-state index in [0.29, 0.717) is 0 Å². The fourth-order valence-electron chi connectivity index (χ4n) is 1.76. The van der Waals surface area contributed by atoms with E-state index in [1.165, 1.54) is 16.7 Å². The Kier molecular flexibility index (Phi) is 3.16. The Labute approximate surface area is 96.5 Å². The van der Waals surface area contributed by atoms with Gasteiger partial charge in [-0.2, -0.15) is 0 Å². The van der Waals surface area contributed by atoms with E-state index in [1.807, 2.05) is 24.3 Å². The molecule has 0 N–H and O–H groups in total. The molecule has 1 heteroatoms. The zero-order chi connectivity index (χ0) is 11.4. The van der Waals surface area contributed by atoms with Gasteiger partial charge in [-0.1, -0.05) is 41.5 Å². The van der Waals surface area contributed by atoms with Crippen LogP contribution < -0.4 is 0 Å². The highest BCUT2D eigenvalue weighted by atomic mass is 14.6. The average Bonchev–Trinajstić information content (AvgIpc) is 2.27. The van der Waals surface area contributed by atoms with Crippen LogP contribution in [0, 0.1) is 13.8 Å². The van der Waals surface area contributed by atoms with Gasteiger partial charge in [0.25, 0.3) is 0 Å². The van der Waals surface area contributed by atoms with Gasteiger partial charge < -0.3 is 0 Å². The molecule has 0 aliphatic heterocycles. The predicted octanol–water partition coefficient (Wildman–Crippen LogP) is 3.87. The number of hydrogen-bond acceptors (Lipinski definition) is 1. The van der Waals surface area contributed by atoms with Crippen LogP contribution in [0.3, 0.4) is 0 Å². The summed E-state index contributed by atoms with van der Waals surface area (Å²) >= 11 is 0. The molecule has 0 saturated heterocycles. The molecule has 1 aromatic heterocycles. The van der Waals surface area contributed by atoms with Crippen molar-refractivity contribution >= 4 is 12.2 Å². The van der Waals surface area contributed by atoms with Gasteiger partial charge in [-0.05, 0) is 37.6 Å². The lowest BCUT2D eigenvalue weighted by Crippen LogP contribution is -1.81. The number of aryl methyl sites for hydroxylation is 2. The third-order valence-corrected chi connectivity index (χ3v) is 2.38. The fourth-order valence-corrected chi connectivity index (χ4v) is 1.76. The predicted molar refractivity (Wildman–Crippen MR) is 69.1 cm³/mol. The van der Waals surface area contributed by atoms with Gasteiger partial charge in [0.1, 0.15) is 0 Å². The first-order valence-corrected chi connectivity index (χ1v) is 5.41. The van der Waals surface area contributed by atoms with Crippen LogP contribution in [0.25, 0.3) is 12.2 Å². The Morgan fingerprint density at radius 2 is 1.69 bits per heavy atom. The molecule has 0 bridgehead atoms. The number of hydrogen-bond donors (Lipinski definition) is 0. The molecular formula is C15H15N. The minimum absolute atomic E-state index is 0.988. The SMILES string of the molecule is Cc1cc(C)cc(/C=C/c2ccccn2)c1. The lowest BCUT2D eigenvalue weighted by Gasteiger charge is -1.99. The topological polar surface area (TPSA) is 12.9 Å². The van der Waals surface area contributed by atoms with E-state index in [1.54, 1.807) is 6.20 Å². The van der Waals surface area contributed by atoms with Crippen molar-refractivity contribution in [3.8, 4) is 0 Å². The smallest absolute Gasteiger partial charge is 0.0629 e. The lowest BCUT2D eigenvalue weighted by molar-refractivity contribution is 1.30. The van der Waals surface area contributed by atoms with Gasteiger partial charge in [0, 0.05) is 6.20 Å². The Hall–Kier alpha value is -1.89. The zero-order valence-corrected chi connectivity index (χ0v) is 9.64. The van der Waals surface area contributed by atoms with Crippen molar-refractivity contribution in [2.75, 3.05) is 0 Å². The molecule has 0 atom stereocenters. The van der Waals surface area contributed by atoms with Gasteiger partial charge in [-0.3, -0.25) is 4.98 Å². The first-order chi connectivity index (χ1) is 7.74. The summed E-state index contributed by atoms with van der Waals surface area (Å²) in [5.74, 6) is 0. The van der Waals surface area contributed by atoms with E-state index in [4.69, 9.17) is 0 Å². The van der Waals surface area contributed by atoms with Crippen molar-refractivity contribution in [1.29, 1.82) is 0 Å². The third-order valence-electron chi connectivity index (χ3n) is 2.38. The van der Waals surface area contributed by atoms with E-state index >= 15 is 0 Å². The van der Waals surface area contributed by atoms with Crippen molar-refractivity contribution in [1.82, 2.24) is 4.98 Å². The molecule has 0 spiro atoms. The summed E-state index contributed by atoms with van der Waals surface area (Å²) in [6, 6.07) is 12.4. The maximum absolute atomic E-state index is 4.25. The molecule has 1 aromatic carbocycles. The van der Waals surface area contributed by atoms with Crippen molar-refractivity contribution in [3.63, 3.8) is 0 Å². The van der Waals surface area contributed by atoms with Crippen LogP contribution in [-0.2, 0) is 0 Å². The van der Waals surface area contributed by atoms with Crippen LogP contribution in [0.1, 0.15) is 22.4 Å². The molecule has 0 fully saturated rings. The Balaban J connectivity index is 2.24. The van der Waals surface area contributed by atoms with Crippen LogP contribution in [0.4, 0.5) is 0 Å². The molecule has 2 aromatic rings. The van der Waals surface area contributed by atoms with Gasteiger partial charge >= 0.3 is 0 Å². The second kappa shape index (κ2) is 4.75. The molecule has 1 nitrogen and oxygen atoms in total. The van der Waals surface area contributed by atoms with Crippen LogP contribution >= 0.6 is 0 Å². The van der Waals surface area contributed by atoms with Crippen molar-refractivity contribution in [3.05, 3.63) is 65.0 Å². The van der Waals surface area contributed by atoms with Gasteiger partial charge in [-0.25, -0.2) is 0 Å². The van der Waals surface area contributed by atoms with E-state index in [2.05, 4.69) is 43.1 Å². The molecule has 1 heterocycles. The normalized spacial score (nSPS) is 10.9. The Morgan fingerprint density at radius 1 is 0.938 bits per heavy atom. The number of rotatable bonds is 2. The van der Waals surface area contributed by atoms with Gasteiger partial charge in [-0.15, -0.1) is 0 Å². The molecule has 0 aliphatic carbocycles. The third kappa shape index (κ3) is 2.80. The minimum atomic E-state index is 0.988. The highest BCUT2D eigenvalue weighted by Gasteiger charge is 1.92. The lowest BCUT2D eigenvalue weighted by atomic mass is 10.1. The quantitative estimate of drug-likeness (QED) is 0.731. The van der Waals surface area contributed by atoms with E-state index in [9.17, 15) is 0 Å². The summed E-state index contributed by atoms with van der Waals surface area (Å²) in [6.45, 7) is 4.23. The summed E-state index contributed by atoms with van der Waals surface area (Å²) in [6.07, 6.45) is 5.94. The first-order valence-electron chi connectivity index (χ1n) is 5.41. The molecule has 0 unspecified atom stereocenters. The largest absolute Gasteiger partial charge is 0.257 e. The zero-order valence-electron chi connectivity index (χ0n) is 9.64. The van der Waals surface area contributed by atoms with E-state index < -0.39 is 0 Å². The highest BCUT2D eigenvalue weighted by Crippen LogP contribution is 2.11. The molecule has 80 valence electrons. The summed E-state index contributed by atoms with van der Waals surface area (Å²) < 4.78 is 0. The number of benzene rings is 1. The first kappa shape index (κ1) is 10.6. The van der Waals surface area contributed by atoms with Gasteiger partial charge in [0.2, 0.25) is 0 Å². The number of nitrogens with zero attached hydrogens (tertiary/aromatic N) is 1. The van der Waals surface area contributed by atoms with Crippen LogP contribution in [0.15, 0.2) is 42.6 Å². The molecule has 0 aliphatic rings. The fraction of sp³-hybridized carbons (Fsp3) is 0.133. The Morgan fingerprint density at radius 3 is 2.31 bits per heavy atom. The number of pyridine rings is 1. The molecule has 0 amide bonds. The summed E-state index contributed by atoms with van der Waals surface area (Å²) in [5, 5.41) is 0. The molecule has 2 rings (SSSR count).